The van der Waals surface area contributed by atoms with Crippen molar-refractivity contribution in [1.82, 2.24) is 4.98 Å². The Kier molecular flexibility index (Phi) is 6.36. The van der Waals surface area contributed by atoms with Gasteiger partial charge in [0.25, 0.3) is 0 Å². The van der Waals surface area contributed by atoms with Crippen molar-refractivity contribution >= 4 is 10.8 Å². The van der Waals surface area contributed by atoms with Crippen LogP contribution in [0.4, 0.5) is 0 Å². The number of aromatic nitrogens is 1. The number of aliphatic hydroxyl groups excluding tert-OH is 1. The van der Waals surface area contributed by atoms with Gasteiger partial charge in [0.05, 0.1) is 6.10 Å². The van der Waals surface area contributed by atoms with Gasteiger partial charge in [-0.3, -0.25) is 4.98 Å². The van der Waals surface area contributed by atoms with Crippen LogP contribution in [0.1, 0.15) is 96.5 Å². The predicted molar refractivity (Wildman–Crippen MR) is 134 cm³/mol. The Hall–Kier alpha value is -1.41. The fraction of sp³-hybridized carbons (Fsp3) is 0.700. The summed E-state index contributed by atoms with van der Waals surface area (Å²) in [6.07, 6.45) is 17.2. The van der Waals surface area contributed by atoms with E-state index in [4.69, 9.17) is 0 Å². The van der Waals surface area contributed by atoms with Crippen molar-refractivity contribution in [2.45, 2.75) is 97.0 Å². The van der Waals surface area contributed by atoms with E-state index in [1.807, 2.05) is 26.2 Å². The molecule has 0 radical (unpaired) electrons. The maximum atomic E-state index is 10.3. The van der Waals surface area contributed by atoms with Gasteiger partial charge in [-0.2, -0.15) is 0 Å². The highest BCUT2D eigenvalue weighted by Gasteiger charge is 2.55. The molecule has 0 bridgehead atoms. The Morgan fingerprint density at radius 3 is 2.56 bits per heavy atom. The number of aliphatic hydroxyl groups is 1. The minimum Gasteiger partial charge on any atom is -0.393 e. The lowest BCUT2D eigenvalue weighted by atomic mass is 9.56. The van der Waals surface area contributed by atoms with Crippen molar-refractivity contribution in [2.24, 2.45) is 35.0 Å². The lowest BCUT2D eigenvalue weighted by Gasteiger charge is -2.49. The highest BCUT2D eigenvalue weighted by atomic mass is 16.3. The molecule has 1 heterocycles. The standard InChI is InChI=1S/C28H37NO.C2H6/c1-28-12-10-20-14-22-16-24(30)6-4-18(22)5-7-25(20)27(28)9-8-26(28)21-3-2-19-11-13-29-17-23(19)15-21;1-2/h2-3,11,13,15,17-18,20,22,24-27,30H,4-10,12,14,16H2,1H3;1-2H3. The molecule has 174 valence electrons. The first-order valence-electron chi connectivity index (χ1n) is 13.6. The molecular weight excluding hydrogens is 390 g/mol. The molecule has 8 unspecified atom stereocenters. The lowest BCUT2D eigenvalue weighted by molar-refractivity contribution is 0.0169. The average molecular weight is 434 g/mol. The summed E-state index contributed by atoms with van der Waals surface area (Å²) in [5.41, 5.74) is 2.02. The third kappa shape index (κ3) is 3.81. The van der Waals surface area contributed by atoms with Gasteiger partial charge in [0.1, 0.15) is 0 Å². The number of pyridine rings is 1. The van der Waals surface area contributed by atoms with Crippen LogP contribution >= 0.6 is 0 Å². The van der Waals surface area contributed by atoms with Gasteiger partial charge in [0.15, 0.2) is 0 Å². The van der Waals surface area contributed by atoms with Crippen LogP contribution in [0.3, 0.4) is 0 Å². The van der Waals surface area contributed by atoms with E-state index in [0.717, 1.165) is 42.4 Å². The first kappa shape index (κ1) is 22.4. The summed E-state index contributed by atoms with van der Waals surface area (Å²) in [4.78, 5) is 4.37. The van der Waals surface area contributed by atoms with Gasteiger partial charge in [-0.1, -0.05) is 32.9 Å². The molecule has 1 aromatic heterocycles. The molecule has 0 saturated heterocycles. The quantitative estimate of drug-likeness (QED) is 0.499. The van der Waals surface area contributed by atoms with Gasteiger partial charge in [-0.25, -0.2) is 0 Å². The molecule has 32 heavy (non-hydrogen) atoms. The molecule has 4 saturated carbocycles. The Morgan fingerprint density at radius 1 is 0.844 bits per heavy atom. The molecule has 2 aromatic rings. The summed E-state index contributed by atoms with van der Waals surface area (Å²) in [6, 6.07) is 9.30. The van der Waals surface area contributed by atoms with E-state index in [1.165, 1.54) is 62.1 Å². The predicted octanol–water partition coefficient (Wildman–Crippen LogP) is 7.75. The molecule has 1 aromatic carbocycles. The van der Waals surface area contributed by atoms with Crippen molar-refractivity contribution in [1.29, 1.82) is 0 Å². The molecule has 6 rings (SSSR count). The van der Waals surface area contributed by atoms with E-state index in [1.54, 1.807) is 5.56 Å². The second-order valence-electron chi connectivity index (χ2n) is 11.5. The Morgan fingerprint density at radius 2 is 1.69 bits per heavy atom. The fourth-order valence-electron chi connectivity index (χ4n) is 8.73. The molecule has 2 nitrogen and oxygen atoms in total. The van der Waals surface area contributed by atoms with Gasteiger partial charge in [0, 0.05) is 17.8 Å². The van der Waals surface area contributed by atoms with Crippen molar-refractivity contribution < 1.29 is 5.11 Å². The number of hydrogen-bond donors (Lipinski definition) is 1. The van der Waals surface area contributed by atoms with E-state index >= 15 is 0 Å². The van der Waals surface area contributed by atoms with Crippen LogP contribution in [-0.4, -0.2) is 16.2 Å². The first-order valence-corrected chi connectivity index (χ1v) is 13.6. The summed E-state index contributed by atoms with van der Waals surface area (Å²) in [7, 11) is 0. The largest absolute Gasteiger partial charge is 0.393 e. The van der Waals surface area contributed by atoms with Crippen molar-refractivity contribution in [3.05, 3.63) is 42.2 Å². The van der Waals surface area contributed by atoms with E-state index in [0.29, 0.717) is 11.3 Å². The molecule has 4 fully saturated rings. The topological polar surface area (TPSA) is 33.1 Å². The number of rotatable bonds is 1. The van der Waals surface area contributed by atoms with Crippen LogP contribution in [0.15, 0.2) is 36.7 Å². The minimum atomic E-state index is -0.0186. The minimum absolute atomic E-state index is 0.0186. The van der Waals surface area contributed by atoms with Crippen LogP contribution in [0.5, 0.6) is 0 Å². The third-order valence-corrected chi connectivity index (χ3v) is 10.2. The van der Waals surface area contributed by atoms with E-state index in [9.17, 15) is 5.11 Å². The zero-order valence-corrected chi connectivity index (χ0v) is 20.5. The highest BCUT2D eigenvalue weighted by molar-refractivity contribution is 5.82. The Balaban J connectivity index is 0.00000105. The SMILES string of the molecule is CC.CC12CCC3CC4CC(O)CCC4CCC3C1CCC2c1ccc2ccncc2c1. The highest BCUT2D eigenvalue weighted by Crippen LogP contribution is 2.64. The molecule has 8 atom stereocenters. The fourth-order valence-corrected chi connectivity index (χ4v) is 8.73. The maximum absolute atomic E-state index is 10.3. The van der Waals surface area contributed by atoms with Gasteiger partial charge in [-0.15, -0.1) is 0 Å². The Bertz CT molecular complexity index is 924. The zero-order valence-electron chi connectivity index (χ0n) is 20.5. The van der Waals surface area contributed by atoms with Crippen LogP contribution in [0.2, 0.25) is 0 Å². The summed E-state index contributed by atoms with van der Waals surface area (Å²) in [6.45, 7) is 6.64. The smallest absolute Gasteiger partial charge is 0.0543 e. The van der Waals surface area contributed by atoms with E-state index < -0.39 is 0 Å². The summed E-state index contributed by atoms with van der Waals surface area (Å²) in [5, 5.41) is 12.9. The number of nitrogens with zero attached hydrogens (tertiary/aromatic N) is 1. The molecule has 4 aliphatic rings. The van der Waals surface area contributed by atoms with Crippen LogP contribution in [-0.2, 0) is 0 Å². The number of hydrogen-bond acceptors (Lipinski definition) is 2. The normalized spacial score (nSPS) is 40.9. The summed E-state index contributed by atoms with van der Waals surface area (Å²) < 4.78 is 0. The van der Waals surface area contributed by atoms with Crippen molar-refractivity contribution in [3.63, 3.8) is 0 Å². The lowest BCUT2D eigenvalue weighted by Crippen LogP contribution is -2.40. The molecule has 0 amide bonds. The molecule has 0 spiro atoms. The van der Waals surface area contributed by atoms with Crippen LogP contribution < -0.4 is 0 Å². The first-order chi connectivity index (χ1) is 15.6. The molecular formula is C30H43NO. The maximum Gasteiger partial charge on any atom is 0.0543 e. The van der Waals surface area contributed by atoms with E-state index in [-0.39, 0.29) is 6.10 Å². The van der Waals surface area contributed by atoms with Crippen molar-refractivity contribution in [2.75, 3.05) is 0 Å². The van der Waals surface area contributed by atoms with Gasteiger partial charge >= 0.3 is 0 Å². The zero-order chi connectivity index (χ0) is 22.3. The van der Waals surface area contributed by atoms with E-state index in [2.05, 4.69) is 36.2 Å². The second-order valence-corrected chi connectivity index (χ2v) is 11.5. The summed E-state index contributed by atoms with van der Waals surface area (Å²) in [5.74, 6) is 5.16. The molecule has 4 aliphatic carbocycles. The second kappa shape index (κ2) is 9.09. The number of fused-ring (bicyclic) bond motifs is 5. The molecule has 0 aliphatic heterocycles. The summed E-state index contributed by atoms with van der Waals surface area (Å²) >= 11 is 0. The number of benzene rings is 1. The van der Waals surface area contributed by atoms with Gasteiger partial charge < -0.3 is 5.11 Å². The monoisotopic (exact) mass is 433 g/mol. The molecule has 1 N–H and O–H groups in total. The Labute approximate surface area is 195 Å². The molecule has 2 heteroatoms. The van der Waals surface area contributed by atoms with Crippen LogP contribution in [0.25, 0.3) is 10.8 Å². The van der Waals surface area contributed by atoms with Gasteiger partial charge in [0.2, 0.25) is 0 Å². The van der Waals surface area contributed by atoms with Crippen molar-refractivity contribution in [3.8, 4) is 0 Å². The van der Waals surface area contributed by atoms with Gasteiger partial charge in [-0.05, 0) is 128 Å². The average Bonchev–Trinajstić information content (AvgIpc) is 3.06. The third-order valence-electron chi connectivity index (χ3n) is 10.2. The van der Waals surface area contributed by atoms with Crippen LogP contribution in [0, 0.1) is 35.0 Å².